The number of halogens is 1. The molecule has 2 atom stereocenters. The van der Waals surface area contributed by atoms with Crippen molar-refractivity contribution in [3.05, 3.63) is 107 Å². The van der Waals surface area contributed by atoms with Crippen molar-refractivity contribution in [1.82, 2.24) is 39.6 Å². The van der Waals surface area contributed by atoms with Crippen LogP contribution in [0.2, 0.25) is 0 Å². The topological polar surface area (TPSA) is 105 Å². The molecule has 55 heavy (non-hydrogen) atoms. The minimum Gasteiger partial charge on any atom is -0.354 e. The number of nitrogens with zero attached hydrogens (tertiary/aromatic N) is 9. The Morgan fingerprint density at radius 1 is 0.800 bits per heavy atom. The SMILES string of the molecule is O=C1CCC(N2Cc3ccc(CN4CC(N5CCN(c6cccc(-c7cnc8ccc(N9CCCC9c9cccc(F)c9)nn78)n6)CC5)C4)cc3C2)C(=O)N1. The van der Waals surface area contributed by atoms with E-state index in [0.29, 0.717) is 18.9 Å². The second-order valence-electron chi connectivity index (χ2n) is 15.7. The van der Waals surface area contributed by atoms with Gasteiger partial charge in [-0.05, 0) is 77.9 Å². The molecule has 2 unspecified atom stereocenters. The maximum absolute atomic E-state index is 14.1. The third-order valence-electron chi connectivity index (χ3n) is 12.3. The first kappa shape index (κ1) is 34.3. The lowest BCUT2D eigenvalue weighted by atomic mass is 10.0. The Hall–Kier alpha value is -5.24. The van der Waals surface area contributed by atoms with Crippen molar-refractivity contribution in [2.24, 2.45) is 0 Å². The summed E-state index contributed by atoms with van der Waals surface area (Å²) in [5, 5.41) is 7.55. The fraction of sp³-hybridized carbons (Fsp3) is 0.405. The zero-order chi connectivity index (χ0) is 37.0. The lowest BCUT2D eigenvalue weighted by Crippen LogP contribution is -2.62. The minimum absolute atomic E-state index is 0.0853. The van der Waals surface area contributed by atoms with E-state index in [1.165, 1.54) is 22.8 Å². The van der Waals surface area contributed by atoms with Gasteiger partial charge in [-0.3, -0.25) is 29.6 Å². The number of amides is 2. The standard InChI is InChI=1S/C42H45FN10O2/c43-32-5-1-4-29(21-32)35-7-3-15-52(35)40-13-12-38-44-22-37(53(38)47-40)34-6-2-8-39(45-34)50-18-16-49(17-19-50)33-26-48(27-33)23-28-9-10-30-24-51(25-31(30)20-28)36-11-14-41(54)46-42(36)55/h1-2,4-6,8-10,12-13,20-22,33,35-36H,3,7,11,14-19,23-27H2,(H,46,54,55). The van der Waals surface area contributed by atoms with Gasteiger partial charge in [-0.1, -0.05) is 36.4 Å². The van der Waals surface area contributed by atoms with Crippen molar-refractivity contribution in [2.45, 2.75) is 63.4 Å². The molecule has 5 aromatic rings. The predicted octanol–water partition coefficient (Wildman–Crippen LogP) is 4.40. The zero-order valence-electron chi connectivity index (χ0n) is 30.9. The van der Waals surface area contributed by atoms with Crippen molar-refractivity contribution in [1.29, 1.82) is 0 Å². The van der Waals surface area contributed by atoms with E-state index >= 15 is 0 Å². The van der Waals surface area contributed by atoms with E-state index in [-0.39, 0.29) is 29.7 Å². The number of rotatable bonds is 8. The molecule has 3 aromatic heterocycles. The number of likely N-dealkylation sites (tertiary alicyclic amines) is 1. The summed E-state index contributed by atoms with van der Waals surface area (Å²) < 4.78 is 16.0. The van der Waals surface area contributed by atoms with Gasteiger partial charge in [-0.25, -0.2) is 18.9 Å². The maximum Gasteiger partial charge on any atom is 0.243 e. The predicted molar refractivity (Wildman–Crippen MR) is 207 cm³/mol. The molecule has 4 saturated heterocycles. The van der Waals surface area contributed by atoms with Crippen LogP contribution in [0.1, 0.15) is 54.0 Å². The lowest BCUT2D eigenvalue weighted by molar-refractivity contribution is -0.137. The molecular formula is C42H45FN10O2. The molecule has 0 bridgehead atoms. The molecule has 2 aromatic carbocycles. The molecule has 0 spiro atoms. The molecule has 10 rings (SSSR count). The van der Waals surface area contributed by atoms with Crippen LogP contribution in [0.5, 0.6) is 0 Å². The number of pyridine rings is 1. The molecule has 5 aliphatic rings. The minimum atomic E-state index is -0.225. The van der Waals surface area contributed by atoms with E-state index in [1.807, 2.05) is 35.0 Å². The van der Waals surface area contributed by atoms with Crippen LogP contribution in [0, 0.1) is 5.82 Å². The third-order valence-corrected chi connectivity index (χ3v) is 12.3. The first-order valence-electron chi connectivity index (χ1n) is 19.7. The number of piperazine rings is 1. The quantitative estimate of drug-likeness (QED) is 0.231. The third kappa shape index (κ3) is 6.64. The van der Waals surface area contributed by atoms with Gasteiger partial charge in [0.05, 0.1) is 24.0 Å². The lowest BCUT2D eigenvalue weighted by Gasteiger charge is -2.48. The Labute approximate surface area is 319 Å². The molecule has 282 valence electrons. The molecule has 4 fully saturated rings. The van der Waals surface area contributed by atoms with Gasteiger partial charge in [0.2, 0.25) is 11.8 Å². The first-order valence-corrected chi connectivity index (χ1v) is 19.7. The Morgan fingerprint density at radius 3 is 2.51 bits per heavy atom. The van der Waals surface area contributed by atoms with Gasteiger partial charge in [-0.2, -0.15) is 0 Å². The molecule has 0 saturated carbocycles. The molecule has 13 heteroatoms. The number of carbonyl (C=O) groups excluding carboxylic acids is 2. The fourth-order valence-electron chi connectivity index (χ4n) is 9.34. The summed E-state index contributed by atoms with van der Waals surface area (Å²) >= 11 is 0. The van der Waals surface area contributed by atoms with Crippen LogP contribution in [0.15, 0.2) is 79.0 Å². The summed E-state index contributed by atoms with van der Waals surface area (Å²) in [7, 11) is 0. The number of imide groups is 1. The normalized spacial score (nSPS) is 22.7. The molecule has 12 nitrogen and oxygen atoms in total. The molecule has 1 N–H and O–H groups in total. The van der Waals surface area contributed by atoms with Gasteiger partial charge in [-0.15, -0.1) is 5.10 Å². The van der Waals surface area contributed by atoms with E-state index in [4.69, 9.17) is 10.1 Å². The number of piperidine rings is 1. The highest BCUT2D eigenvalue weighted by Crippen LogP contribution is 2.36. The second-order valence-corrected chi connectivity index (χ2v) is 15.7. The van der Waals surface area contributed by atoms with E-state index in [2.05, 4.69) is 65.1 Å². The zero-order valence-corrected chi connectivity index (χ0v) is 30.9. The van der Waals surface area contributed by atoms with Gasteiger partial charge >= 0.3 is 0 Å². The van der Waals surface area contributed by atoms with Gasteiger partial charge in [0.15, 0.2) is 5.65 Å². The van der Waals surface area contributed by atoms with Crippen LogP contribution in [0.25, 0.3) is 17.0 Å². The van der Waals surface area contributed by atoms with Crippen molar-refractivity contribution in [2.75, 3.05) is 55.6 Å². The van der Waals surface area contributed by atoms with Crippen LogP contribution in [-0.4, -0.2) is 104 Å². The van der Waals surface area contributed by atoms with Crippen molar-refractivity contribution in [3.8, 4) is 11.4 Å². The van der Waals surface area contributed by atoms with Gasteiger partial charge in [0, 0.05) is 77.9 Å². The molecule has 0 aliphatic carbocycles. The largest absolute Gasteiger partial charge is 0.354 e. The Kier molecular flexibility index (Phi) is 8.80. The van der Waals surface area contributed by atoms with E-state index in [9.17, 15) is 14.0 Å². The molecule has 5 aliphatic heterocycles. The number of imidazole rings is 1. The monoisotopic (exact) mass is 740 g/mol. The van der Waals surface area contributed by atoms with Crippen molar-refractivity contribution < 1.29 is 14.0 Å². The summed E-state index contributed by atoms with van der Waals surface area (Å²) in [6, 6.07) is 24.3. The van der Waals surface area contributed by atoms with Crippen LogP contribution in [-0.2, 0) is 29.2 Å². The van der Waals surface area contributed by atoms with E-state index < -0.39 is 0 Å². The van der Waals surface area contributed by atoms with Crippen LogP contribution < -0.4 is 15.1 Å². The number of aromatic nitrogens is 4. The van der Waals surface area contributed by atoms with Crippen molar-refractivity contribution >= 4 is 29.1 Å². The van der Waals surface area contributed by atoms with Gasteiger partial charge in [0.1, 0.15) is 23.1 Å². The average Bonchev–Trinajstić information content (AvgIpc) is 3.95. The Bertz CT molecular complexity index is 2260. The summed E-state index contributed by atoms with van der Waals surface area (Å²) in [6.45, 7) is 9.31. The summed E-state index contributed by atoms with van der Waals surface area (Å²) in [6.07, 6.45) is 4.85. The maximum atomic E-state index is 14.1. The first-order chi connectivity index (χ1) is 26.9. The smallest absolute Gasteiger partial charge is 0.243 e. The van der Waals surface area contributed by atoms with Gasteiger partial charge < -0.3 is 9.80 Å². The number of anilines is 2. The van der Waals surface area contributed by atoms with Crippen LogP contribution in [0.3, 0.4) is 0 Å². The van der Waals surface area contributed by atoms with Crippen LogP contribution >= 0.6 is 0 Å². The Morgan fingerprint density at radius 2 is 1.65 bits per heavy atom. The number of benzene rings is 2. The highest BCUT2D eigenvalue weighted by molar-refractivity contribution is 6.00. The molecule has 2 amide bonds. The highest BCUT2D eigenvalue weighted by atomic mass is 19.1. The fourth-order valence-corrected chi connectivity index (χ4v) is 9.34. The highest BCUT2D eigenvalue weighted by Gasteiger charge is 2.36. The summed E-state index contributed by atoms with van der Waals surface area (Å²) in [5.74, 6) is 1.29. The molecule has 8 heterocycles. The second kappa shape index (κ2) is 14.1. The Balaban J connectivity index is 0.746. The van der Waals surface area contributed by atoms with E-state index in [1.54, 1.807) is 12.1 Å². The van der Waals surface area contributed by atoms with Gasteiger partial charge in [0.25, 0.3) is 0 Å². The number of nitrogens with one attached hydrogen (secondary N) is 1. The number of hydrogen-bond acceptors (Lipinski definition) is 10. The van der Waals surface area contributed by atoms with E-state index in [0.717, 1.165) is 113 Å². The van der Waals surface area contributed by atoms with Crippen molar-refractivity contribution in [3.63, 3.8) is 0 Å². The average molecular weight is 741 g/mol. The number of carbonyl (C=O) groups is 2. The number of hydrogen-bond donors (Lipinski definition) is 1. The molecule has 0 radical (unpaired) electrons. The summed E-state index contributed by atoms with van der Waals surface area (Å²) in [5.41, 5.74) is 7.34. The number of fused-ring (bicyclic) bond motifs is 2. The van der Waals surface area contributed by atoms with Crippen LogP contribution in [0.4, 0.5) is 16.0 Å². The summed E-state index contributed by atoms with van der Waals surface area (Å²) in [4.78, 5) is 45.8. The molecular weight excluding hydrogens is 696 g/mol.